The number of nitrogens with two attached hydrogens (primary N) is 2. The predicted octanol–water partition coefficient (Wildman–Crippen LogP) is 0.0759. The van der Waals surface area contributed by atoms with Crippen molar-refractivity contribution in [1.82, 2.24) is 4.72 Å². The van der Waals surface area contributed by atoms with Crippen LogP contribution in [0.2, 0.25) is 5.02 Å². The highest BCUT2D eigenvalue weighted by Crippen LogP contribution is 2.26. The normalized spacial score (nSPS) is 11.4. The number of hydrogen-bond acceptors (Lipinski definition) is 4. The summed E-state index contributed by atoms with van der Waals surface area (Å²) < 4.78 is 25.9. The van der Waals surface area contributed by atoms with Crippen LogP contribution in [0, 0.1) is 0 Å². The summed E-state index contributed by atoms with van der Waals surface area (Å²) >= 11 is 5.76. The molecule has 0 radical (unpaired) electrons. The summed E-state index contributed by atoms with van der Waals surface area (Å²) in [6.45, 7) is -0.0949. The van der Waals surface area contributed by atoms with Crippen molar-refractivity contribution in [3.8, 4) is 0 Å². The molecule has 0 unspecified atom stereocenters. The number of sulfonamides is 1. The number of nitrogens with one attached hydrogen (secondary N) is 1. The van der Waals surface area contributed by atoms with Crippen molar-refractivity contribution in [2.45, 2.75) is 11.3 Å². The van der Waals surface area contributed by atoms with Gasteiger partial charge in [-0.25, -0.2) is 13.1 Å². The quantitative estimate of drug-likeness (QED) is 0.661. The summed E-state index contributed by atoms with van der Waals surface area (Å²) in [7, 11) is -3.83. The molecule has 0 aliphatic heterocycles. The Morgan fingerprint density at radius 1 is 1.41 bits per heavy atom. The van der Waals surface area contributed by atoms with E-state index in [9.17, 15) is 13.2 Å². The molecule has 0 aliphatic rings. The first kappa shape index (κ1) is 13.8. The van der Waals surface area contributed by atoms with E-state index in [1.165, 1.54) is 12.1 Å². The summed E-state index contributed by atoms with van der Waals surface area (Å²) in [5, 5.41) is 0.0246. The van der Waals surface area contributed by atoms with Gasteiger partial charge in [-0.3, -0.25) is 4.79 Å². The van der Waals surface area contributed by atoms with Crippen molar-refractivity contribution in [2.24, 2.45) is 5.73 Å². The summed E-state index contributed by atoms with van der Waals surface area (Å²) in [6, 6.07) is 4.38. The summed E-state index contributed by atoms with van der Waals surface area (Å²) in [5.74, 6) is -0.597. The van der Waals surface area contributed by atoms with Crippen LogP contribution in [0.1, 0.15) is 6.42 Å². The summed E-state index contributed by atoms with van der Waals surface area (Å²) in [6.07, 6.45) is -0.0937. The molecule has 0 aromatic heterocycles. The zero-order chi connectivity index (χ0) is 13.1. The maximum atomic E-state index is 11.8. The third-order valence-electron chi connectivity index (χ3n) is 1.93. The first-order valence-corrected chi connectivity index (χ1v) is 6.52. The topological polar surface area (TPSA) is 115 Å². The van der Waals surface area contributed by atoms with Crippen molar-refractivity contribution < 1.29 is 13.2 Å². The molecule has 0 bridgehead atoms. The Kier molecular flexibility index (Phi) is 4.33. The molecule has 1 aromatic rings. The van der Waals surface area contributed by atoms with E-state index in [0.717, 1.165) is 0 Å². The van der Waals surface area contributed by atoms with Crippen LogP contribution >= 0.6 is 11.6 Å². The fourth-order valence-electron chi connectivity index (χ4n) is 1.19. The van der Waals surface area contributed by atoms with E-state index in [1.807, 2.05) is 0 Å². The number of anilines is 1. The molecule has 1 rings (SSSR count). The van der Waals surface area contributed by atoms with Crippen LogP contribution in [-0.4, -0.2) is 20.9 Å². The van der Waals surface area contributed by atoms with Crippen molar-refractivity contribution in [3.63, 3.8) is 0 Å². The Morgan fingerprint density at radius 3 is 2.59 bits per heavy atom. The van der Waals surface area contributed by atoms with Gasteiger partial charge in [0.2, 0.25) is 15.9 Å². The van der Waals surface area contributed by atoms with E-state index < -0.39 is 15.9 Å². The number of halogens is 1. The average molecular weight is 278 g/mol. The van der Waals surface area contributed by atoms with Crippen LogP contribution in [0.4, 0.5) is 5.69 Å². The molecule has 0 saturated carbocycles. The number of amides is 1. The number of hydrogen-bond donors (Lipinski definition) is 3. The first-order valence-electron chi connectivity index (χ1n) is 4.66. The highest BCUT2D eigenvalue weighted by atomic mass is 35.5. The SMILES string of the molecule is NC(=O)CCNS(=O)(=O)c1c(N)cccc1Cl. The molecule has 0 atom stereocenters. The number of primary amides is 1. The second-order valence-corrected chi connectivity index (χ2v) is 5.38. The van der Waals surface area contributed by atoms with E-state index in [2.05, 4.69) is 4.72 Å². The second kappa shape index (κ2) is 5.35. The number of rotatable bonds is 5. The maximum absolute atomic E-state index is 11.8. The Labute approximate surface area is 104 Å². The van der Waals surface area contributed by atoms with E-state index in [0.29, 0.717) is 0 Å². The Bertz CT molecular complexity index is 510. The van der Waals surface area contributed by atoms with Crippen molar-refractivity contribution in [3.05, 3.63) is 23.2 Å². The van der Waals surface area contributed by atoms with Gasteiger partial charge < -0.3 is 11.5 Å². The average Bonchev–Trinajstić information content (AvgIpc) is 2.15. The minimum absolute atomic E-state index is 0.0246. The number of nitrogen functional groups attached to an aromatic ring is 1. The molecule has 0 fully saturated rings. The molecule has 1 amide bonds. The van der Waals surface area contributed by atoms with Gasteiger partial charge in [-0.2, -0.15) is 0 Å². The zero-order valence-electron chi connectivity index (χ0n) is 8.81. The van der Waals surface area contributed by atoms with Gasteiger partial charge in [-0.05, 0) is 12.1 Å². The van der Waals surface area contributed by atoms with E-state index in [4.69, 9.17) is 23.1 Å². The predicted molar refractivity (Wildman–Crippen MR) is 64.9 cm³/mol. The molecular weight excluding hydrogens is 266 g/mol. The second-order valence-electron chi connectivity index (χ2n) is 3.27. The highest BCUT2D eigenvalue weighted by molar-refractivity contribution is 7.89. The molecule has 0 aliphatic carbocycles. The fraction of sp³-hybridized carbons (Fsp3) is 0.222. The van der Waals surface area contributed by atoms with Gasteiger partial charge in [0.15, 0.2) is 0 Å². The molecule has 6 nitrogen and oxygen atoms in total. The largest absolute Gasteiger partial charge is 0.398 e. The Hall–Kier alpha value is -1.31. The van der Waals surface area contributed by atoms with Crippen molar-refractivity contribution in [1.29, 1.82) is 0 Å². The Morgan fingerprint density at radius 2 is 2.06 bits per heavy atom. The van der Waals surface area contributed by atoms with E-state index >= 15 is 0 Å². The van der Waals surface area contributed by atoms with Crippen molar-refractivity contribution >= 4 is 33.2 Å². The highest BCUT2D eigenvalue weighted by Gasteiger charge is 2.20. The van der Waals surface area contributed by atoms with Crippen LogP contribution in [0.5, 0.6) is 0 Å². The summed E-state index contributed by atoms with van der Waals surface area (Å²) in [5.41, 5.74) is 10.5. The molecule has 8 heteroatoms. The van der Waals surface area contributed by atoms with Gasteiger partial charge in [-0.1, -0.05) is 17.7 Å². The van der Waals surface area contributed by atoms with Gasteiger partial charge in [0.1, 0.15) is 4.90 Å². The van der Waals surface area contributed by atoms with Gasteiger partial charge in [0, 0.05) is 13.0 Å². The fourth-order valence-corrected chi connectivity index (χ4v) is 2.89. The number of carbonyl (C=O) groups is 1. The lowest BCUT2D eigenvalue weighted by Crippen LogP contribution is -2.28. The number of benzene rings is 1. The lowest BCUT2D eigenvalue weighted by molar-refractivity contribution is -0.117. The molecule has 5 N–H and O–H groups in total. The van der Waals surface area contributed by atoms with Gasteiger partial charge in [0.05, 0.1) is 10.7 Å². The molecule has 1 aromatic carbocycles. The monoisotopic (exact) mass is 277 g/mol. The zero-order valence-corrected chi connectivity index (χ0v) is 10.4. The molecular formula is C9H12ClN3O3S. The van der Waals surface area contributed by atoms with Crippen LogP contribution in [0.3, 0.4) is 0 Å². The third kappa shape index (κ3) is 3.58. The maximum Gasteiger partial charge on any atom is 0.244 e. The van der Waals surface area contributed by atoms with Gasteiger partial charge in [0.25, 0.3) is 0 Å². The minimum Gasteiger partial charge on any atom is -0.398 e. The molecule has 0 heterocycles. The van der Waals surface area contributed by atoms with Crippen LogP contribution in [0.15, 0.2) is 23.1 Å². The first-order chi connectivity index (χ1) is 7.84. The molecule has 17 heavy (non-hydrogen) atoms. The lowest BCUT2D eigenvalue weighted by Gasteiger charge is -2.09. The minimum atomic E-state index is -3.83. The van der Waals surface area contributed by atoms with Crippen LogP contribution < -0.4 is 16.2 Å². The van der Waals surface area contributed by atoms with Crippen LogP contribution in [-0.2, 0) is 14.8 Å². The summed E-state index contributed by atoms with van der Waals surface area (Å²) in [4.78, 5) is 10.3. The van der Waals surface area contributed by atoms with Crippen LogP contribution in [0.25, 0.3) is 0 Å². The van der Waals surface area contributed by atoms with Crippen molar-refractivity contribution in [2.75, 3.05) is 12.3 Å². The molecule has 0 saturated heterocycles. The lowest BCUT2D eigenvalue weighted by atomic mass is 10.3. The van der Waals surface area contributed by atoms with Gasteiger partial charge >= 0.3 is 0 Å². The molecule has 94 valence electrons. The Balaban J connectivity index is 2.94. The standard InChI is InChI=1S/C9H12ClN3O3S/c10-6-2-1-3-7(11)9(6)17(15,16)13-5-4-8(12)14/h1-3,13H,4-5,11H2,(H2,12,14). The smallest absolute Gasteiger partial charge is 0.244 e. The van der Waals surface area contributed by atoms with E-state index in [-0.39, 0.29) is 28.6 Å². The number of carbonyl (C=O) groups excluding carboxylic acids is 1. The van der Waals surface area contributed by atoms with E-state index in [1.54, 1.807) is 6.07 Å². The molecule has 0 spiro atoms. The third-order valence-corrected chi connectivity index (χ3v) is 3.93. The van der Waals surface area contributed by atoms with Gasteiger partial charge in [-0.15, -0.1) is 0 Å².